The molecule has 1 aromatic rings. The average Bonchev–Trinajstić information content (AvgIpc) is 2.31. The van der Waals surface area contributed by atoms with Crippen molar-refractivity contribution in [3.8, 4) is 0 Å². The van der Waals surface area contributed by atoms with Gasteiger partial charge in [-0.25, -0.2) is 9.82 Å². The molecule has 0 saturated carbocycles. The van der Waals surface area contributed by atoms with E-state index in [1.54, 1.807) is 0 Å². The molecule has 0 amide bonds. The van der Waals surface area contributed by atoms with Gasteiger partial charge in [-0.15, -0.1) is 0 Å². The maximum atomic E-state index is 5.47. The standard InChI is InChI=1S/C10H14ClN3O/c11-13-8-9-1-2-12-10(7-9)14-3-5-15-6-4-14/h1-2,7,13H,3-6,8H2. The Bertz CT molecular complexity index is 315. The smallest absolute Gasteiger partial charge is 0.128 e. The van der Waals surface area contributed by atoms with E-state index in [0.717, 1.165) is 37.7 Å². The highest BCUT2D eigenvalue weighted by molar-refractivity contribution is 6.13. The second-order valence-corrected chi connectivity index (χ2v) is 3.70. The van der Waals surface area contributed by atoms with E-state index in [-0.39, 0.29) is 0 Å². The summed E-state index contributed by atoms with van der Waals surface area (Å²) in [5.41, 5.74) is 1.14. The summed E-state index contributed by atoms with van der Waals surface area (Å²) in [5, 5.41) is 0. The molecule has 1 aliphatic heterocycles. The van der Waals surface area contributed by atoms with Crippen molar-refractivity contribution in [2.24, 2.45) is 0 Å². The van der Waals surface area contributed by atoms with Crippen molar-refractivity contribution in [2.75, 3.05) is 31.2 Å². The molecule has 1 aliphatic rings. The highest BCUT2D eigenvalue weighted by Gasteiger charge is 2.12. The number of nitrogens with one attached hydrogen (secondary N) is 1. The highest BCUT2D eigenvalue weighted by Crippen LogP contribution is 2.14. The van der Waals surface area contributed by atoms with Gasteiger partial charge in [0.15, 0.2) is 0 Å². The van der Waals surface area contributed by atoms with Gasteiger partial charge in [0.1, 0.15) is 5.82 Å². The van der Waals surface area contributed by atoms with E-state index in [1.165, 1.54) is 0 Å². The van der Waals surface area contributed by atoms with Crippen LogP contribution in [0.25, 0.3) is 0 Å². The molecular weight excluding hydrogens is 214 g/mol. The predicted octanol–water partition coefficient (Wildman–Crippen LogP) is 1.16. The van der Waals surface area contributed by atoms with Crippen LogP contribution in [0.5, 0.6) is 0 Å². The summed E-state index contributed by atoms with van der Waals surface area (Å²) >= 11 is 5.47. The fourth-order valence-electron chi connectivity index (χ4n) is 1.61. The third kappa shape index (κ3) is 2.81. The average molecular weight is 228 g/mol. The lowest BCUT2D eigenvalue weighted by atomic mass is 10.2. The molecule has 2 rings (SSSR count). The molecule has 0 unspecified atom stereocenters. The zero-order chi connectivity index (χ0) is 10.5. The van der Waals surface area contributed by atoms with Gasteiger partial charge >= 0.3 is 0 Å². The van der Waals surface area contributed by atoms with Gasteiger partial charge in [0, 0.05) is 25.8 Å². The van der Waals surface area contributed by atoms with Gasteiger partial charge in [-0.1, -0.05) is 0 Å². The summed E-state index contributed by atoms with van der Waals surface area (Å²) in [5.74, 6) is 1.00. The number of hydrogen-bond acceptors (Lipinski definition) is 4. The third-order valence-corrected chi connectivity index (χ3v) is 2.55. The Morgan fingerprint density at radius 3 is 3.00 bits per heavy atom. The molecule has 0 bridgehead atoms. The predicted molar refractivity (Wildman–Crippen MR) is 60.0 cm³/mol. The van der Waals surface area contributed by atoms with Crippen LogP contribution in [-0.4, -0.2) is 31.3 Å². The molecule has 0 atom stereocenters. The van der Waals surface area contributed by atoms with E-state index in [2.05, 4.69) is 20.8 Å². The zero-order valence-electron chi connectivity index (χ0n) is 8.45. The first-order valence-corrected chi connectivity index (χ1v) is 5.39. The van der Waals surface area contributed by atoms with Crippen LogP contribution in [0.3, 0.4) is 0 Å². The summed E-state index contributed by atoms with van der Waals surface area (Å²) in [6, 6.07) is 4.01. The van der Waals surface area contributed by atoms with Crippen molar-refractivity contribution < 1.29 is 4.74 Å². The second-order valence-electron chi connectivity index (χ2n) is 3.43. The molecule has 0 spiro atoms. The molecule has 1 aromatic heterocycles. The first-order valence-electron chi connectivity index (χ1n) is 5.01. The number of nitrogens with zero attached hydrogens (tertiary/aromatic N) is 2. The maximum Gasteiger partial charge on any atom is 0.128 e. The van der Waals surface area contributed by atoms with Crippen LogP contribution in [0.1, 0.15) is 5.56 Å². The number of aromatic nitrogens is 1. The Morgan fingerprint density at radius 2 is 2.27 bits per heavy atom. The van der Waals surface area contributed by atoms with Crippen LogP contribution in [0.4, 0.5) is 5.82 Å². The third-order valence-electron chi connectivity index (χ3n) is 2.42. The highest BCUT2D eigenvalue weighted by atomic mass is 35.5. The Morgan fingerprint density at radius 1 is 1.47 bits per heavy atom. The second kappa shape index (κ2) is 5.30. The van der Waals surface area contributed by atoms with Crippen molar-refractivity contribution in [2.45, 2.75) is 6.54 Å². The van der Waals surface area contributed by atoms with Gasteiger partial charge in [-0.3, -0.25) is 0 Å². The molecule has 0 aliphatic carbocycles. The molecule has 1 N–H and O–H groups in total. The van der Waals surface area contributed by atoms with Crippen LogP contribution in [0.15, 0.2) is 18.3 Å². The van der Waals surface area contributed by atoms with Crippen LogP contribution in [0, 0.1) is 0 Å². The minimum atomic E-state index is 0.654. The van der Waals surface area contributed by atoms with Crippen molar-refractivity contribution in [3.63, 3.8) is 0 Å². The Labute approximate surface area is 94.3 Å². The minimum Gasteiger partial charge on any atom is -0.378 e. The fraction of sp³-hybridized carbons (Fsp3) is 0.500. The Balaban J connectivity index is 2.09. The van der Waals surface area contributed by atoms with Gasteiger partial charge in [-0.2, -0.15) is 0 Å². The van der Waals surface area contributed by atoms with Gasteiger partial charge in [0.25, 0.3) is 0 Å². The molecule has 0 aromatic carbocycles. The van der Waals surface area contributed by atoms with Crippen LogP contribution < -0.4 is 9.74 Å². The SMILES string of the molecule is ClNCc1ccnc(N2CCOCC2)c1. The van der Waals surface area contributed by atoms with Crippen LogP contribution in [-0.2, 0) is 11.3 Å². The van der Waals surface area contributed by atoms with Crippen LogP contribution in [0.2, 0.25) is 0 Å². The molecular formula is C10H14ClN3O. The lowest BCUT2D eigenvalue weighted by Crippen LogP contribution is -2.36. The number of halogens is 1. The number of anilines is 1. The summed E-state index contributed by atoms with van der Waals surface area (Å²) in [6.07, 6.45) is 1.81. The molecule has 4 nitrogen and oxygen atoms in total. The van der Waals surface area contributed by atoms with Crippen molar-refractivity contribution in [1.29, 1.82) is 0 Å². The first-order chi connectivity index (χ1) is 7.40. The van der Waals surface area contributed by atoms with Crippen molar-refractivity contribution >= 4 is 17.6 Å². The van der Waals surface area contributed by atoms with Crippen LogP contribution >= 0.6 is 11.8 Å². The molecule has 2 heterocycles. The number of ether oxygens (including phenoxy) is 1. The van der Waals surface area contributed by atoms with Crippen molar-refractivity contribution in [1.82, 2.24) is 9.82 Å². The zero-order valence-corrected chi connectivity index (χ0v) is 9.20. The number of pyridine rings is 1. The number of rotatable bonds is 3. The fourth-order valence-corrected chi connectivity index (χ4v) is 1.77. The number of morpholine rings is 1. The number of hydrogen-bond donors (Lipinski definition) is 1. The van der Waals surface area contributed by atoms with Gasteiger partial charge in [0.2, 0.25) is 0 Å². The largest absolute Gasteiger partial charge is 0.378 e. The van der Waals surface area contributed by atoms with Gasteiger partial charge < -0.3 is 9.64 Å². The molecule has 1 fully saturated rings. The molecule has 15 heavy (non-hydrogen) atoms. The monoisotopic (exact) mass is 227 g/mol. The van der Waals surface area contributed by atoms with E-state index in [9.17, 15) is 0 Å². The first kappa shape index (κ1) is 10.7. The molecule has 5 heteroatoms. The molecule has 82 valence electrons. The lowest BCUT2D eigenvalue weighted by molar-refractivity contribution is 0.122. The lowest BCUT2D eigenvalue weighted by Gasteiger charge is -2.27. The van der Waals surface area contributed by atoms with E-state index >= 15 is 0 Å². The molecule has 0 radical (unpaired) electrons. The van der Waals surface area contributed by atoms with E-state index in [4.69, 9.17) is 16.5 Å². The Hall–Kier alpha value is -0.840. The normalized spacial score (nSPS) is 16.7. The summed E-state index contributed by atoms with van der Waals surface area (Å²) in [6.45, 7) is 4.02. The Kier molecular flexibility index (Phi) is 3.77. The minimum absolute atomic E-state index is 0.654. The van der Waals surface area contributed by atoms with E-state index < -0.39 is 0 Å². The van der Waals surface area contributed by atoms with Crippen molar-refractivity contribution in [3.05, 3.63) is 23.9 Å². The summed E-state index contributed by atoms with van der Waals surface area (Å²) in [7, 11) is 0. The summed E-state index contributed by atoms with van der Waals surface area (Å²) in [4.78, 5) is 9.18. The molecule has 1 saturated heterocycles. The topological polar surface area (TPSA) is 37.4 Å². The van der Waals surface area contributed by atoms with E-state index in [0.29, 0.717) is 6.54 Å². The van der Waals surface area contributed by atoms with Gasteiger partial charge in [-0.05, 0) is 29.5 Å². The summed E-state index contributed by atoms with van der Waals surface area (Å²) < 4.78 is 5.30. The van der Waals surface area contributed by atoms with Gasteiger partial charge in [0.05, 0.1) is 13.2 Å². The van der Waals surface area contributed by atoms with E-state index in [1.807, 2.05) is 12.3 Å². The maximum absolute atomic E-state index is 5.47. The quantitative estimate of drug-likeness (QED) is 0.787.